The maximum absolute atomic E-state index is 10.5. The van der Waals surface area contributed by atoms with E-state index in [1.165, 1.54) is 96.3 Å². The van der Waals surface area contributed by atoms with Gasteiger partial charge in [0.1, 0.15) is 6.79 Å². The lowest BCUT2D eigenvalue weighted by Crippen LogP contribution is -2.29. The van der Waals surface area contributed by atoms with Crippen molar-refractivity contribution >= 4 is 12.8 Å². The molecule has 0 aromatic carbocycles. The molecule has 24 heavy (non-hydrogen) atoms. The summed E-state index contributed by atoms with van der Waals surface area (Å²) in [6, 6.07) is -0.402. The number of nitrogens with two attached hydrogens (primary N) is 1. The summed E-state index contributed by atoms with van der Waals surface area (Å²) < 4.78 is 0. The maximum atomic E-state index is 10.5. The zero-order chi connectivity index (χ0) is 18.3. The van der Waals surface area contributed by atoms with E-state index in [4.69, 9.17) is 10.5 Å². The highest BCUT2D eigenvalue weighted by atomic mass is 16.2. The van der Waals surface area contributed by atoms with Crippen molar-refractivity contribution in [3.63, 3.8) is 0 Å². The molecule has 0 saturated carbocycles. The molecule has 3 N–H and O–H groups in total. The molecule has 0 atom stereocenters. The first-order chi connectivity index (χ1) is 11.8. The summed E-state index contributed by atoms with van der Waals surface area (Å²) in [5.74, 6) is 0. The average molecular weight is 343 g/mol. The Morgan fingerprint density at radius 2 is 0.958 bits per heavy atom. The Morgan fingerprint density at radius 1 is 0.667 bits per heavy atom. The van der Waals surface area contributed by atoms with Gasteiger partial charge in [0, 0.05) is 6.54 Å². The smallest absolute Gasteiger partial charge is 0.312 e. The Kier molecular flexibility index (Phi) is 25.4. The van der Waals surface area contributed by atoms with Gasteiger partial charge in [0.15, 0.2) is 0 Å². The number of primary amides is 1. The van der Waals surface area contributed by atoms with E-state index in [1.807, 2.05) is 6.79 Å². The van der Waals surface area contributed by atoms with E-state index in [2.05, 4.69) is 12.2 Å². The molecule has 0 fully saturated rings. The van der Waals surface area contributed by atoms with E-state index in [0.29, 0.717) is 0 Å². The number of nitrogens with one attached hydrogen (secondary N) is 1. The van der Waals surface area contributed by atoms with Gasteiger partial charge >= 0.3 is 6.03 Å². The van der Waals surface area contributed by atoms with Gasteiger partial charge in [0.2, 0.25) is 0 Å². The molecule has 144 valence electrons. The van der Waals surface area contributed by atoms with Crippen LogP contribution in [-0.2, 0) is 4.79 Å². The number of urea groups is 1. The highest BCUT2D eigenvalue weighted by Crippen LogP contribution is 2.13. The summed E-state index contributed by atoms with van der Waals surface area (Å²) in [6.07, 6.45) is 21.9. The third kappa shape index (κ3) is 25.9. The molecule has 0 unspecified atom stereocenters. The summed E-state index contributed by atoms with van der Waals surface area (Å²) in [6.45, 7) is 5.01. The molecular weight excluding hydrogens is 300 g/mol. The summed E-state index contributed by atoms with van der Waals surface area (Å²) in [7, 11) is 0. The van der Waals surface area contributed by atoms with E-state index in [1.54, 1.807) is 0 Å². The van der Waals surface area contributed by atoms with Crippen LogP contribution in [0.2, 0.25) is 0 Å². The molecule has 0 heterocycles. The monoisotopic (exact) mass is 342 g/mol. The van der Waals surface area contributed by atoms with E-state index in [0.717, 1.165) is 13.0 Å². The first-order valence-electron chi connectivity index (χ1n) is 10.1. The van der Waals surface area contributed by atoms with Gasteiger partial charge in [-0.3, -0.25) is 0 Å². The number of hydrogen-bond donors (Lipinski definition) is 2. The van der Waals surface area contributed by atoms with Crippen LogP contribution in [0.3, 0.4) is 0 Å². The minimum atomic E-state index is -0.402. The number of carbonyl (C=O) groups is 2. The van der Waals surface area contributed by atoms with Crippen molar-refractivity contribution < 1.29 is 9.59 Å². The molecule has 0 aromatic heterocycles. The van der Waals surface area contributed by atoms with Crippen LogP contribution in [-0.4, -0.2) is 19.4 Å². The lowest BCUT2D eigenvalue weighted by Gasteiger charge is -2.04. The molecule has 0 aliphatic carbocycles. The van der Waals surface area contributed by atoms with Crippen molar-refractivity contribution in [1.29, 1.82) is 0 Å². The number of rotatable bonds is 17. The van der Waals surface area contributed by atoms with Crippen LogP contribution in [0.1, 0.15) is 110 Å². The minimum Gasteiger partial charge on any atom is -0.352 e. The van der Waals surface area contributed by atoms with Crippen LogP contribution < -0.4 is 11.1 Å². The average Bonchev–Trinajstić information content (AvgIpc) is 2.59. The Hall–Kier alpha value is -1.06. The maximum Gasteiger partial charge on any atom is 0.312 e. The van der Waals surface area contributed by atoms with Gasteiger partial charge in [0.05, 0.1) is 0 Å². The molecular formula is C20H42N2O2. The molecule has 0 aliphatic rings. The number of amides is 2. The van der Waals surface area contributed by atoms with Gasteiger partial charge in [0.25, 0.3) is 0 Å². The van der Waals surface area contributed by atoms with Crippen molar-refractivity contribution in [2.24, 2.45) is 5.73 Å². The second-order valence-electron chi connectivity index (χ2n) is 6.59. The predicted molar refractivity (Wildman–Crippen MR) is 104 cm³/mol. The van der Waals surface area contributed by atoms with E-state index in [9.17, 15) is 4.79 Å². The van der Waals surface area contributed by atoms with Gasteiger partial charge in [-0.2, -0.15) is 0 Å². The van der Waals surface area contributed by atoms with Crippen LogP contribution in [0.15, 0.2) is 0 Å². The molecule has 0 spiro atoms. The summed E-state index contributed by atoms with van der Waals surface area (Å²) >= 11 is 0. The molecule has 2 amide bonds. The topological polar surface area (TPSA) is 72.2 Å². The molecule has 0 saturated heterocycles. The SMILES string of the molecule is C=O.CCCCCCCCCCCCCCCCCCNC(N)=O. The number of unbranched alkanes of at least 4 members (excludes halogenated alkanes) is 15. The second kappa shape index (κ2) is 24.2. The van der Waals surface area contributed by atoms with Crippen LogP contribution >= 0.6 is 0 Å². The van der Waals surface area contributed by atoms with Crippen molar-refractivity contribution in [3.8, 4) is 0 Å². The molecule has 4 heteroatoms. The highest BCUT2D eigenvalue weighted by molar-refractivity contribution is 5.71. The van der Waals surface area contributed by atoms with Gasteiger partial charge in [-0.15, -0.1) is 0 Å². The fourth-order valence-corrected chi connectivity index (χ4v) is 2.88. The van der Waals surface area contributed by atoms with E-state index >= 15 is 0 Å². The Bertz CT molecular complexity index is 248. The largest absolute Gasteiger partial charge is 0.352 e. The molecule has 0 aliphatic heterocycles. The van der Waals surface area contributed by atoms with Crippen LogP contribution in [0.25, 0.3) is 0 Å². The fraction of sp³-hybridized carbons (Fsp3) is 0.900. The first kappa shape index (κ1) is 25.2. The molecule has 4 nitrogen and oxygen atoms in total. The lowest BCUT2D eigenvalue weighted by atomic mass is 10.0. The molecule has 0 aromatic rings. The van der Waals surface area contributed by atoms with Crippen molar-refractivity contribution in [3.05, 3.63) is 0 Å². The highest BCUT2D eigenvalue weighted by Gasteiger charge is 1.95. The van der Waals surface area contributed by atoms with Crippen LogP contribution in [0.5, 0.6) is 0 Å². The summed E-state index contributed by atoms with van der Waals surface area (Å²) in [5.41, 5.74) is 5.01. The van der Waals surface area contributed by atoms with E-state index in [-0.39, 0.29) is 0 Å². The fourth-order valence-electron chi connectivity index (χ4n) is 2.88. The van der Waals surface area contributed by atoms with Gasteiger partial charge in [-0.1, -0.05) is 103 Å². The van der Waals surface area contributed by atoms with Gasteiger partial charge in [-0.05, 0) is 6.42 Å². The molecule has 0 bridgehead atoms. The summed E-state index contributed by atoms with van der Waals surface area (Å²) in [4.78, 5) is 18.5. The lowest BCUT2D eigenvalue weighted by molar-refractivity contribution is -0.0979. The van der Waals surface area contributed by atoms with Crippen LogP contribution in [0.4, 0.5) is 4.79 Å². The van der Waals surface area contributed by atoms with Crippen molar-refractivity contribution in [2.45, 2.75) is 110 Å². The third-order valence-corrected chi connectivity index (χ3v) is 4.33. The standard InChI is InChI=1S/C19H40N2O.CH2O/c1-2-3-4-5-6-7-8-9-10-11-12-13-14-15-16-17-18-21-19(20)22;1-2/h2-18H2,1H3,(H3,20,21,22);1H2. The van der Waals surface area contributed by atoms with Gasteiger partial charge in [-0.25, -0.2) is 4.79 Å². The molecule has 0 rings (SSSR count). The minimum absolute atomic E-state index is 0.402. The van der Waals surface area contributed by atoms with Crippen LogP contribution in [0, 0.1) is 0 Å². The zero-order valence-electron chi connectivity index (χ0n) is 16.1. The Labute approximate surface area is 150 Å². The number of hydrogen-bond acceptors (Lipinski definition) is 2. The zero-order valence-corrected chi connectivity index (χ0v) is 16.1. The second-order valence-corrected chi connectivity index (χ2v) is 6.59. The summed E-state index contributed by atoms with van der Waals surface area (Å²) in [5, 5.41) is 2.63. The number of carbonyl (C=O) groups excluding carboxylic acids is 2. The third-order valence-electron chi connectivity index (χ3n) is 4.33. The first-order valence-corrected chi connectivity index (χ1v) is 10.1. The predicted octanol–water partition coefficient (Wildman–Crippen LogP) is 5.73. The van der Waals surface area contributed by atoms with Crippen molar-refractivity contribution in [2.75, 3.05) is 6.54 Å². The van der Waals surface area contributed by atoms with Gasteiger partial charge < -0.3 is 15.8 Å². The molecule has 0 radical (unpaired) electrons. The van der Waals surface area contributed by atoms with E-state index < -0.39 is 6.03 Å². The Balaban J connectivity index is 0. The van der Waals surface area contributed by atoms with Crippen molar-refractivity contribution in [1.82, 2.24) is 5.32 Å². The normalized spacial score (nSPS) is 10.0. The Morgan fingerprint density at radius 3 is 1.25 bits per heavy atom. The quantitative estimate of drug-likeness (QED) is 0.331.